The third-order valence-electron chi connectivity index (χ3n) is 2.25. The van der Waals surface area contributed by atoms with Gasteiger partial charge in [-0.15, -0.1) is 0 Å². The van der Waals surface area contributed by atoms with Gasteiger partial charge in [0.05, 0.1) is 6.42 Å². The maximum Gasteiger partial charge on any atom is 0.307 e. The van der Waals surface area contributed by atoms with Crippen LogP contribution in [0, 0.1) is 5.92 Å². The first-order chi connectivity index (χ1) is 6.74. The summed E-state index contributed by atoms with van der Waals surface area (Å²) in [6.45, 7) is 9.88. The molecular formula is C12H25NO2. The Morgan fingerprint density at radius 3 is 2.33 bits per heavy atom. The van der Waals surface area contributed by atoms with Crippen molar-refractivity contribution in [2.45, 2.75) is 65.5 Å². The minimum absolute atomic E-state index is 0.0743. The number of hydrogen-bond acceptors (Lipinski definition) is 3. The average molecular weight is 215 g/mol. The Morgan fingerprint density at radius 1 is 1.40 bits per heavy atom. The highest BCUT2D eigenvalue weighted by atomic mass is 16.6. The van der Waals surface area contributed by atoms with Gasteiger partial charge in [-0.3, -0.25) is 4.79 Å². The van der Waals surface area contributed by atoms with Crippen molar-refractivity contribution in [1.29, 1.82) is 0 Å². The predicted molar refractivity (Wildman–Crippen MR) is 62.5 cm³/mol. The van der Waals surface area contributed by atoms with Crippen LogP contribution in [0.4, 0.5) is 0 Å². The third-order valence-corrected chi connectivity index (χ3v) is 2.25. The first-order valence-electron chi connectivity index (χ1n) is 5.72. The van der Waals surface area contributed by atoms with Gasteiger partial charge < -0.3 is 10.5 Å². The second-order valence-corrected chi connectivity index (χ2v) is 5.30. The van der Waals surface area contributed by atoms with Crippen molar-refractivity contribution in [3.05, 3.63) is 0 Å². The third kappa shape index (κ3) is 8.43. The van der Waals surface area contributed by atoms with Gasteiger partial charge in [-0.25, -0.2) is 0 Å². The summed E-state index contributed by atoms with van der Waals surface area (Å²) in [5, 5.41) is 0. The van der Waals surface area contributed by atoms with E-state index in [0.717, 1.165) is 12.8 Å². The lowest BCUT2D eigenvalue weighted by Gasteiger charge is -2.21. The van der Waals surface area contributed by atoms with E-state index in [9.17, 15) is 4.79 Å². The van der Waals surface area contributed by atoms with Gasteiger partial charge in [0, 0.05) is 6.04 Å². The molecule has 0 aromatic heterocycles. The molecular weight excluding hydrogens is 190 g/mol. The van der Waals surface area contributed by atoms with Crippen molar-refractivity contribution in [2.75, 3.05) is 0 Å². The average Bonchev–Trinajstić information content (AvgIpc) is 1.99. The molecule has 0 unspecified atom stereocenters. The van der Waals surface area contributed by atoms with Crippen LogP contribution in [0.1, 0.15) is 53.9 Å². The van der Waals surface area contributed by atoms with Gasteiger partial charge in [0.25, 0.3) is 0 Å². The van der Waals surface area contributed by atoms with Crippen molar-refractivity contribution in [2.24, 2.45) is 11.7 Å². The Bertz CT molecular complexity index is 196. The number of carbonyl (C=O) groups excluding carboxylic acids is 1. The van der Waals surface area contributed by atoms with Crippen LogP contribution in [-0.2, 0) is 9.53 Å². The standard InChI is InChI=1S/C12H25NO2/c1-6-9(2)7-10(13)8-11(14)15-12(3,4)5/h9-10H,6-8,13H2,1-5H3/t9-,10+/m1/s1. The van der Waals surface area contributed by atoms with Crippen LogP contribution in [0.2, 0.25) is 0 Å². The molecule has 90 valence electrons. The fraction of sp³-hybridized carbons (Fsp3) is 0.917. The molecule has 0 fully saturated rings. The van der Waals surface area contributed by atoms with Crippen LogP contribution in [0.5, 0.6) is 0 Å². The molecule has 0 aliphatic carbocycles. The molecule has 0 spiro atoms. The molecule has 0 saturated carbocycles. The molecule has 0 heterocycles. The zero-order valence-corrected chi connectivity index (χ0v) is 10.7. The van der Waals surface area contributed by atoms with Crippen molar-refractivity contribution in [3.8, 4) is 0 Å². The number of hydrogen-bond donors (Lipinski definition) is 1. The fourth-order valence-corrected chi connectivity index (χ4v) is 1.36. The molecule has 15 heavy (non-hydrogen) atoms. The normalized spacial score (nSPS) is 15.9. The smallest absolute Gasteiger partial charge is 0.307 e. The van der Waals surface area contributed by atoms with Crippen LogP contribution in [0.15, 0.2) is 0 Å². The van der Waals surface area contributed by atoms with Crippen LogP contribution in [0.3, 0.4) is 0 Å². The molecule has 0 aliphatic rings. The van der Waals surface area contributed by atoms with Crippen molar-refractivity contribution < 1.29 is 9.53 Å². The van der Waals surface area contributed by atoms with Gasteiger partial charge in [-0.1, -0.05) is 20.3 Å². The Labute approximate surface area is 93.4 Å². The number of rotatable bonds is 5. The van der Waals surface area contributed by atoms with Crippen LogP contribution in [0.25, 0.3) is 0 Å². The van der Waals surface area contributed by atoms with Gasteiger partial charge in [0.1, 0.15) is 5.60 Å². The van der Waals surface area contributed by atoms with Crippen LogP contribution < -0.4 is 5.73 Å². The fourth-order valence-electron chi connectivity index (χ4n) is 1.36. The summed E-state index contributed by atoms with van der Waals surface area (Å²) in [5.41, 5.74) is 5.46. The minimum atomic E-state index is -0.410. The molecule has 2 N–H and O–H groups in total. The van der Waals surface area contributed by atoms with E-state index in [0.29, 0.717) is 12.3 Å². The Kier molecular flexibility index (Phi) is 5.88. The van der Waals surface area contributed by atoms with E-state index in [4.69, 9.17) is 10.5 Å². The summed E-state index contributed by atoms with van der Waals surface area (Å²) in [5.74, 6) is 0.376. The molecule has 3 nitrogen and oxygen atoms in total. The molecule has 0 aromatic carbocycles. The van der Waals surface area contributed by atoms with Gasteiger partial charge >= 0.3 is 5.97 Å². The van der Waals surface area contributed by atoms with E-state index in [1.807, 2.05) is 20.8 Å². The van der Waals surface area contributed by atoms with E-state index >= 15 is 0 Å². The van der Waals surface area contributed by atoms with Crippen molar-refractivity contribution in [1.82, 2.24) is 0 Å². The predicted octanol–water partition coefficient (Wildman–Crippen LogP) is 2.48. The van der Waals surface area contributed by atoms with Gasteiger partial charge in [0.15, 0.2) is 0 Å². The number of esters is 1. The molecule has 0 aliphatic heterocycles. The van der Waals surface area contributed by atoms with Gasteiger partial charge in [-0.05, 0) is 33.1 Å². The largest absolute Gasteiger partial charge is 0.460 e. The Hall–Kier alpha value is -0.570. The van der Waals surface area contributed by atoms with Crippen LogP contribution >= 0.6 is 0 Å². The number of carbonyl (C=O) groups is 1. The van der Waals surface area contributed by atoms with Crippen molar-refractivity contribution in [3.63, 3.8) is 0 Å². The summed E-state index contributed by atoms with van der Waals surface area (Å²) in [6.07, 6.45) is 2.30. The lowest BCUT2D eigenvalue weighted by atomic mass is 9.98. The summed E-state index contributed by atoms with van der Waals surface area (Å²) in [6, 6.07) is -0.0743. The van der Waals surface area contributed by atoms with E-state index in [-0.39, 0.29) is 12.0 Å². The maximum atomic E-state index is 11.4. The second kappa shape index (κ2) is 6.11. The highest BCUT2D eigenvalue weighted by Gasteiger charge is 2.19. The minimum Gasteiger partial charge on any atom is -0.460 e. The highest BCUT2D eigenvalue weighted by molar-refractivity contribution is 5.70. The SMILES string of the molecule is CC[C@@H](C)C[C@H](N)CC(=O)OC(C)(C)C. The zero-order valence-electron chi connectivity index (χ0n) is 10.7. The molecule has 0 aromatic rings. The molecule has 0 amide bonds. The van der Waals surface area contributed by atoms with E-state index in [1.54, 1.807) is 0 Å². The molecule has 0 rings (SSSR count). The van der Waals surface area contributed by atoms with E-state index in [1.165, 1.54) is 0 Å². The molecule has 0 saturated heterocycles. The number of nitrogens with two attached hydrogens (primary N) is 1. The quantitative estimate of drug-likeness (QED) is 0.717. The zero-order chi connectivity index (χ0) is 12.1. The monoisotopic (exact) mass is 215 g/mol. The molecule has 2 atom stereocenters. The summed E-state index contributed by atoms with van der Waals surface area (Å²) >= 11 is 0. The van der Waals surface area contributed by atoms with Gasteiger partial charge in [-0.2, -0.15) is 0 Å². The Balaban J connectivity index is 3.87. The Morgan fingerprint density at radius 2 is 1.93 bits per heavy atom. The van der Waals surface area contributed by atoms with Crippen LogP contribution in [-0.4, -0.2) is 17.6 Å². The molecule has 3 heteroatoms. The maximum absolute atomic E-state index is 11.4. The first-order valence-corrected chi connectivity index (χ1v) is 5.72. The van der Waals surface area contributed by atoms with Crippen molar-refractivity contribution >= 4 is 5.97 Å². The summed E-state index contributed by atoms with van der Waals surface area (Å²) < 4.78 is 5.20. The lowest BCUT2D eigenvalue weighted by molar-refractivity contribution is -0.155. The second-order valence-electron chi connectivity index (χ2n) is 5.30. The number of ether oxygens (including phenoxy) is 1. The lowest BCUT2D eigenvalue weighted by Crippen LogP contribution is -2.31. The first kappa shape index (κ1) is 14.4. The molecule has 0 bridgehead atoms. The summed E-state index contributed by atoms with van der Waals surface area (Å²) in [4.78, 5) is 11.4. The van der Waals surface area contributed by atoms with Gasteiger partial charge in [0.2, 0.25) is 0 Å². The van der Waals surface area contributed by atoms with E-state index in [2.05, 4.69) is 13.8 Å². The summed E-state index contributed by atoms with van der Waals surface area (Å²) in [7, 11) is 0. The van der Waals surface area contributed by atoms with E-state index < -0.39 is 5.60 Å². The topological polar surface area (TPSA) is 52.3 Å². The molecule has 0 radical (unpaired) electrons. The highest BCUT2D eigenvalue weighted by Crippen LogP contribution is 2.13.